The van der Waals surface area contributed by atoms with Crippen molar-refractivity contribution in [3.8, 4) is 0 Å². The Morgan fingerprint density at radius 3 is 2.62 bits per heavy atom. The number of ether oxygens (including phenoxy) is 1. The van der Waals surface area contributed by atoms with Crippen LogP contribution in [0.5, 0.6) is 0 Å². The highest BCUT2D eigenvalue weighted by Gasteiger charge is 2.20. The van der Waals surface area contributed by atoms with Crippen LogP contribution in [0.1, 0.15) is 36.5 Å². The number of methoxy groups -OCH3 is 1. The van der Waals surface area contributed by atoms with Gasteiger partial charge in [0.2, 0.25) is 5.91 Å². The number of likely N-dealkylation sites (tertiary alicyclic amines) is 1. The van der Waals surface area contributed by atoms with E-state index in [-0.39, 0.29) is 11.9 Å². The molecule has 1 aliphatic rings. The smallest absolute Gasteiger partial charge is 0.337 e. The molecule has 1 saturated heterocycles. The third-order valence-electron chi connectivity index (χ3n) is 3.88. The summed E-state index contributed by atoms with van der Waals surface area (Å²) < 4.78 is 4.64. The van der Waals surface area contributed by atoms with Crippen molar-refractivity contribution >= 4 is 17.6 Å². The van der Waals surface area contributed by atoms with Crippen molar-refractivity contribution in [3.05, 3.63) is 29.8 Å². The zero-order valence-electron chi connectivity index (χ0n) is 12.6. The number of piperidine rings is 1. The minimum absolute atomic E-state index is 0.0189. The van der Waals surface area contributed by atoms with Gasteiger partial charge in [0.05, 0.1) is 19.2 Å². The topological polar surface area (TPSA) is 58.6 Å². The van der Waals surface area contributed by atoms with Crippen molar-refractivity contribution in [2.45, 2.75) is 32.2 Å². The fraction of sp³-hybridized carbons (Fsp3) is 0.500. The Labute approximate surface area is 125 Å². The number of rotatable bonds is 4. The van der Waals surface area contributed by atoms with Crippen LogP contribution in [0.4, 0.5) is 5.69 Å². The number of nitrogens with zero attached hydrogens (tertiary/aromatic N) is 1. The maximum absolute atomic E-state index is 12.1. The number of carbonyl (C=O) groups is 2. The summed E-state index contributed by atoms with van der Waals surface area (Å²) in [4.78, 5) is 25.6. The zero-order chi connectivity index (χ0) is 15.2. The largest absolute Gasteiger partial charge is 0.465 e. The number of anilines is 1. The molecule has 5 heteroatoms. The molecule has 0 aliphatic carbocycles. The molecule has 0 aromatic heterocycles. The molecular formula is C16H22N2O3. The number of esters is 1. The number of amides is 1. The lowest BCUT2D eigenvalue weighted by Crippen LogP contribution is -2.42. The predicted molar refractivity (Wildman–Crippen MR) is 81.3 cm³/mol. The molecule has 21 heavy (non-hydrogen) atoms. The van der Waals surface area contributed by atoms with Crippen LogP contribution in [-0.4, -0.2) is 43.0 Å². The predicted octanol–water partition coefficient (Wildman–Crippen LogP) is 2.29. The highest BCUT2D eigenvalue weighted by atomic mass is 16.5. The fourth-order valence-corrected chi connectivity index (χ4v) is 2.58. The maximum Gasteiger partial charge on any atom is 0.337 e. The van der Waals surface area contributed by atoms with Gasteiger partial charge in [-0.15, -0.1) is 0 Å². The van der Waals surface area contributed by atoms with Gasteiger partial charge in [-0.3, -0.25) is 9.69 Å². The highest BCUT2D eigenvalue weighted by molar-refractivity contribution is 5.94. The minimum Gasteiger partial charge on any atom is -0.465 e. The summed E-state index contributed by atoms with van der Waals surface area (Å²) in [7, 11) is 1.35. The minimum atomic E-state index is -0.380. The summed E-state index contributed by atoms with van der Waals surface area (Å²) in [5, 5.41) is 2.86. The second-order valence-electron chi connectivity index (χ2n) is 5.43. The Hall–Kier alpha value is -1.88. The molecule has 1 aromatic rings. The molecule has 114 valence electrons. The molecule has 0 radical (unpaired) electrons. The van der Waals surface area contributed by atoms with Gasteiger partial charge >= 0.3 is 5.97 Å². The van der Waals surface area contributed by atoms with Gasteiger partial charge < -0.3 is 10.1 Å². The molecule has 2 rings (SSSR count). The number of carbonyl (C=O) groups excluding carboxylic acids is 2. The van der Waals surface area contributed by atoms with Crippen LogP contribution in [0.3, 0.4) is 0 Å². The van der Waals surface area contributed by atoms with E-state index in [4.69, 9.17) is 0 Å². The molecule has 1 fully saturated rings. The molecule has 1 atom stereocenters. The summed E-state index contributed by atoms with van der Waals surface area (Å²) in [5.74, 6) is -0.399. The first-order valence-electron chi connectivity index (χ1n) is 7.32. The van der Waals surface area contributed by atoms with Gasteiger partial charge in [-0.1, -0.05) is 6.42 Å². The number of hydrogen-bond donors (Lipinski definition) is 1. The first-order chi connectivity index (χ1) is 10.1. The molecule has 1 aliphatic heterocycles. The summed E-state index contributed by atoms with van der Waals surface area (Å²) in [6.45, 7) is 3.56. The average Bonchev–Trinajstić information content (AvgIpc) is 2.49. The third kappa shape index (κ3) is 4.29. The van der Waals surface area contributed by atoms with Crippen molar-refractivity contribution in [2.24, 2.45) is 0 Å². The summed E-state index contributed by atoms with van der Waals surface area (Å²) in [6, 6.07) is 7.18. The van der Waals surface area contributed by atoms with E-state index in [2.05, 4.69) is 21.9 Å². The first-order valence-corrected chi connectivity index (χ1v) is 7.32. The van der Waals surface area contributed by atoms with Gasteiger partial charge in [0.15, 0.2) is 0 Å². The van der Waals surface area contributed by atoms with E-state index >= 15 is 0 Å². The number of benzene rings is 1. The van der Waals surface area contributed by atoms with Crippen LogP contribution in [0.2, 0.25) is 0 Å². The molecule has 0 bridgehead atoms. The fourth-order valence-electron chi connectivity index (χ4n) is 2.58. The first kappa shape index (κ1) is 15.5. The molecule has 0 unspecified atom stereocenters. The normalized spacial score (nSPS) is 19.0. The summed E-state index contributed by atoms with van der Waals surface area (Å²) >= 11 is 0. The van der Waals surface area contributed by atoms with E-state index in [9.17, 15) is 9.59 Å². The molecule has 1 aromatic carbocycles. The van der Waals surface area contributed by atoms with Crippen molar-refractivity contribution in [1.82, 2.24) is 4.90 Å². The number of nitrogens with one attached hydrogen (secondary N) is 1. The van der Waals surface area contributed by atoms with Crippen LogP contribution in [0, 0.1) is 0 Å². The lowest BCUT2D eigenvalue weighted by Gasteiger charge is -2.32. The lowest BCUT2D eigenvalue weighted by atomic mass is 10.0. The van der Waals surface area contributed by atoms with Crippen molar-refractivity contribution in [2.75, 3.05) is 25.5 Å². The van der Waals surface area contributed by atoms with E-state index in [1.165, 1.54) is 13.5 Å². The Morgan fingerprint density at radius 1 is 1.29 bits per heavy atom. The van der Waals surface area contributed by atoms with Crippen LogP contribution < -0.4 is 5.32 Å². The van der Waals surface area contributed by atoms with E-state index in [1.807, 2.05) is 0 Å². The van der Waals surface area contributed by atoms with Crippen LogP contribution in [0.15, 0.2) is 24.3 Å². The Balaban J connectivity index is 1.88. The third-order valence-corrected chi connectivity index (χ3v) is 3.88. The Morgan fingerprint density at radius 2 is 2.00 bits per heavy atom. The molecule has 0 saturated carbocycles. The molecule has 5 nitrogen and oxygen atoms in total. The van der Waals surface area contributed by atoms with Crippen molar-refractivity contribution < 1.29 is 14.3 Å². The molecule has 1 amide bonds. The second-order valence-corrected chi connectivity index (χ2v) is 5.43. The standard InChI is InChI=1S/C16H22N2O3/c1-12-5-3-4-10-18(12)11-15(19)17-14-8-6-13(7-9-14)16(20)21-2/h6-9,12H,3-5,10-11H2,1-2H3,(H,17,19)/t12-/m1/s1. The van der Waals surface area contributed by atoms with Crippen LogP contribution in [0.25, 0.3) is 0 Å². The van der Waals surface area contributed by atoms with E-state index in [1.54, 1.807) is 24.3 Å². The average molecular weight is 290 g/mol. The van der Waals surface area contributed by atoms with Gasteiger partial charge in [0, 0.05) is 11.7 Å². The van der Waals surface area contributed by atoms with E-state index in [0.717, 1.165) is 19.4 Å². The van der Waals surface area contributed by atoms with Gasteiger partial charge in [-0.2, -0.15) is 0 Å². The summed E-state index contributed by atoms with van der Waals surface area (Å²) in [6.07, 6.45) is 3.56. The molecular weight excluding hydrogens is 268 g/mol. The molecule has 1 heterocycles. The molecule has 1 N–H and O–H groups in total. The van der Waals surface area contributed by atoms with E-state index in [0.29, 0.717) is 23.8 Å². The van der Waals surface area contributed by atoms with E-state index < -0.39 is 0 Å². The summed E-state index contributed by atoms with van der Waals surface area (Å²) in [5.41, 5.74) is 1.16. The van der Waals surface area contributed by atoms with Crippen LogP contribution >= 0.6 is 0 Å². The van der Waals surface area contributed by atoms with Crippen LogP contribution in [-0.2, 0) is 9.53 Å². The number of hydrogen-bond acceptors (Lipinski definition) is 4. The Kier molecular flexibility index (Phi) is 5.33. The SMILES string of the molecule is COC(=O)c1ccc(NC(=O)CN2CCCC[C@H]2C)cc1. The highest BCUT2D eigenvalue weighted by Crippen LogP contribution is 2.16. The van der Waals surface area contributed by atoms with Gasteiger partial charge in [-0.05, 0) is 50.6 Å². The van der Waals surface area contributed by atoms with Crippen molar-refractivity contribution in [1.29, 1.82) is 0 Å². The zero-order valence-corrected chi connectivity index (χ0v) is 12.6. The second kappa shape index (κ2) is 7.22. The van der Waals surface area contributed by atoms with Gasteiger partial charge in [-0.25, -0.2) is 4.79 Å². The lowest BCUT2D eigenvalue weighted by molar-refractivity contribution is -0.118. The molecule has 0 spiro atoms. The quantitative estimate of drug-likeness (QED) is 0.864. The van der Waals surface area contributed by atoms with Crippen molar-refractivity contribution in [3.63, 3.8) is 0 Å². The monoisotopic (exact) mass is 290 g/mol. The Bertz CT molecular complexity index is 499. The van der Waals surface area contributed by atoms with Gasteiger partial charge in [0.25, 0.3) is 0 Å². The van der Waals surface area contributed by atoms with Gasteiger partial charge in [0.1, 0.15) is 0 Å². The maximum atomic E-state index is 12.1.